The molecular weight excluding hydrogens is 298 g/mol. The van der Waals surface area contributed by atoms with Crippen LogP contribution < -0.4 is 9.80 Å². The molecule has 0 aromatic heterocycles. The van der Waals surface area contributed by atoms with Gasteiger partial charge in [0.25, 0.3) is 0 Å². The molecule has 0 fully saturated rings. The SMILES string of the molecule is Cc1ccc(C(=O)CN2C3=NCCCCN3c3ccccc32)cc1. The molecule has 0 atom stereocenters. The highest BCUT2D eigenvalue weighted by Gasteiger charge is 2.34. The fourth-order valence-electron chi connectivity index (χ4n) is 3.36. The summed E-state index contributed by atoms with van der Waals surface area (Å²) in [5, 5.41) is 0. The minimum absolute atomic E-state index is 0.124. The number of hydrogen-bond acceptors (Lipinski definition) is 4. The van der Waals surface area contributed by atoms with Gasteiger partial charge in [0, 0.05) is 18.7 Å². The zero-order valence-corrected chi connectivity index (χ0v) is 13.9. The van der Waals surface area contributed by atoms with Gasteiger partial charge in [-0.1, -0.05) is 42.0 Å². The van der Waals surface area contributed by atoms with Crippen molar-refractivity contribution in [2.75, 3.05) is 29.4 Å². The molecule has 4 nitrogen and oxygen atoms in total. The lowest BCUT2D eigenvalue weighted by Crippen LogP contribution is -2.41. The summed E-state index contributed by atoms with van der Waals surface area (Å²) in [7, 11) is 0. The number of aryl methyl sites for hydroxylation is 1. The summed E-state index contributed by atoms with van der Waals surface area (Å²) in [6.45, 7) is 4.15. The molecule has 0 spiro atoms. The second kappa shape index (κ2) is 6.11. The van der Waals surface area contributed by atoms with Crippen LogP contribution in [0.3, 0.4) is 0 Å². The number of para-hydroxylation sites is 2. The molecule has 2 aromatic carbocycles. The quantitative estimate of drug-likeness (QED) is 0.810. The predicted molar refractivity (Wildman–Crippen MR) is 98.2 cm³/mol. The van der Waals surface area contributed by atoms with E-state index in [1.54, 1.807) is 0 Å². The van der Waals surface area contributed by atoms with Gasteiger partial charge in [0.15, 0.2) is 5.78 Å². The van der Waals surface area contributed by atoms with Gasteiger partial charge in [0.1, 0.15) is 0 Å². The second-order valence-electron chi connectivity index (χ2n) is 6.40. The summed E-state index contributed by atoms with van der Waals surface area (Å²) in [5.74, 6) is 1.05. The Labute approximate surface area is 142 Å². The van der Waals surface area contributed by atoms with Crippen molar-refractivity contribution in [2.45, 2.75) is 19.8 Å². The van der Waals surface area contributed by atoms with Crippen molar-refractivity contribution in [1.82, 2.24) is 0 Å². The number of ketones is 1. The van der Waals surface area contributed by atoms with E-state index >= 15 is 0 Å². The Balaban J connectivity index is 1.67. The molecular formula is C20H21N3O. The van der Waals surface area contributed by atoms with Crippen LogP contribution in [0.2, 0.25) is 0 Å². The Bertz CT molecular complexity index is 795. The lowest BCUT2D eigenvalue weighted by atomic mass is 10.1. The van der Waals surface area contributed by atoms with Gasteiger partial charge in [-0.2, -0.15) is 0 Å². The number of carbonyl (C=O) groups excluding carboxylic acids is 1. The van der Waals surface area contributed by atoms with Gasteiger partial charge in [0.05, 0.1) is 17.9 Å². The van der Waals surface area contributed by atoms with E-state index in [0.717, 1.165) is 54.4 Å². The minimum Gasteiger partial charge on any atom is -0.310 e. The first kappa shape index (κ1) is 14.9. The molecule has 4 rings (SSSR count). The predicted octanol–water partition coefficient (Wildman–Crippen LogP) is 3.65. The van der Waals surface area contributed by atoms with E-state index in [-0.39, 0.29) is 5.78 Å². The number of rotatable bonds is 3. The zero-order valence-electron chi connectivity index (χ0n) is 13.9. The van der Waals surface area contributed by atoms with Crippen molar-refractivity contribution in [1.29, 1.82) is 0 Å². The number of guanidine groups is 1. The smallest absolute Gasteiger partial charge is 0.206 e. The van der Waals surface area contributed by atoms with E-state index in [4.69, 9.17) is 4.99 Å². The zero-order chi connectivity index (χ0) is 16.5. The molecule has 2 aliphatic heterocycles. The Hall–Kier alpha value is -2.62. The maximum absolute atomic E-state index is 12.8. The van der Waals surface area contributed by atoms with Crippen LogP contribution in [0, 0.1) is 6.92 Å². The molecule has 2 aromatic rings. The van der Waals surface area contributed by atoms with E-state index in [1.807, 2.05) is 43.3 Å². The summed E-state index contributed by atoms with van der Waals surface area (Å²) < 4.78 is 0. The lowest BCUT2D eigenvalue weighted by molar-refractivity contribution is 0.100. The number of aliphatic imine (C=N–C) groups is 1. The average molecular weight is 319 g/mol. The monoisotopic (exact) mass is 319 g/mol. The van der Waals surface area contributed by atoms with Crippen molar-refractivity contribution in [2.24, 2.45) is 4.99 Å². The topological polar surface area (TPSA) is 35.9 Å². The van der Waals surface area contributed by atoms with Gasteiger partial charge in [0.2, 0.25) is 5.96 Å². The highest BCUT2D eigenvalue weighted by atomic mass is 16.1. The maximum atomic E-state index is 12.8. The number of fused-ring (bicyclic) bond motifs is 3. The molecule has 2 aliphatic rings. The van der Waals surface area contributed by atoms with E-state index in [2.05, 4.69) is 21.9 Å². The lowest BCUT2D eigenvalue weighted by Gasteiger charge is -2.22. The standard InChI is InChI=1S/C20H21N3O/c1-15-8-10-16(11-9-15)19(24)14-23-18-7-3-2-6-17(18)22-13-5-4-12-21-20(22)23/h2-3,6-11H,4-5,12-14H2,1H3. The third-order valence-corrected chi connectivity index (χ3v) is 4.66. The average Bonchev–Trinajstić information content (AvgIpc) is 2.76. The van der Waals surface area contributed by atoms with Crippen LogP contribution in [0.15, 0.2) is 53.5 Å². The Morgan fingerprint density at radius 3 is 2.58 bits per heavy atom. The number of anilines is 2. The minimum atomic E-state index is 0.124. The molecule has 0 radical (unpaired) electrons. The van der Waals surface area contributed by atoms with Gasteiger partial charge in [-0.3, -0.25) is 9.79 Å². The Morgan fingerprint density at radius 1 is 1.04 bits per heavy atom. The van der Waals surface area contributed by atoms with Crippen molar-refractivity contribution < 1.29 is 4.79 Å². The third kappa shape index (κ3) is 2.58. The first-order valence-electron chi connectivity index (χ1n) is 8.52. The van der Waals surface area contributed by atoms with E-state index in [9.17, 15) is 4.79 Å². The highest BCUT2D eigenvalue weighted by Crippen LogP contribution is 2.38. The van der Waals surface area contributed by atoms with Gasteiger partial charge >= 0.3 is 0 Å². The second-order valence-corrected chi connectivity index (χ2v) is 6.40. The van der Waals surface area contributed by atoms with Crippen LogP contribution in [-0.2, 0) is 0 Å². The van der Waals surface area contributed by atoms with E-state index in [1.165, 1.54) is 0 Å². The molecule has 2 heterocycles. The number of benzene rings is 2. The Morgan fingerprint density at radius 2 is 1.79 bits per heavy atom. The van der Waals surface area contributed by atoms with Gasteiger partial charge in [-0.15, -0.1) is 0 Å². The summed E-state index contributed by atoms with van der Waals surface area (Å²) in [5.41, 5.74) is 4.16. The van der Waals surface area contributed by atoms with Crippen molar-refractivity contribution in [3.63, 3.8) is 0 Å². The van der Waals surface area contributed by atoms with Crippen LogP contribution in [0.1, 0.15) is 28.8 Å². The molecule has 0 saturated heterocycles. The summed E-state index contributed by atoms with van der Waals surface area (Å²) in [6.07, 6.45) is 2.23. The molecule has 0 aliphatic carbocycles. The van der Waals surface area contributed by atoms with Crippen LogP contribution in [0.25, 0.3) is 0 Å². The van der Waals surface area contributed by atoms with Crippen LogP contribution >= 0.6 is 0 Å². The highest BCUT2D eigenvalue weighted by molar-refractivity contribution is 6.19. The van der Waals surface area contributed by atoms with Gasteiger partial charge in [-0.25, -0.2) is 0 Å². The Kier molecular flexibility index (Phi) is 3.81. The number of Topliss-reactive ketones (excluding diaryl/α,β-unsaturated/α-hetero) is 1. The fraction of sp³-hybridized carbons (Fsp3) is 0.300. The molecule has 4 heteroatoms. The molecule has 0 unspecified atom stereocenters. The van der Waals surface area contributed by atoms with E-state index < -0.39 is 0 Å². The third-order valence-electron chi connectivity index (χ3n) is 4.66. The number of carbonyl (C=O) groups is 1. The van der Waals surface area contributed by atoms with Gasteiger partial charge in [-0.05, 0) is 31.9 Å². The van der Waals surface area contributed by atoms with Crippen molar-refractivity contribution >= 4 is 23.1 Å². The van der Waals surface area contributed by atoms with Crippen LogP contribution in [0.5, 0.6) is 0 Å². The first-order chi connectivity index (χ1) is 11.7. The van der Waals surface area contributed by atoms with Crippen LogP contribution in [-0.4, -0.2) is 31.4 Å². The molecule has 0 bridgehead atoms. The number of nitrogens with zero attached hydrogens (tertiary/aromatic N) is 3. The largest absolute Gasteiger partial charge is 0.310 e. The molecule has 0 saturated carbocycles. The summed E-state index contributed by atoms with van der Waals surface area (Å²) in [6, 6.07) is 16.1. The normalized spacial score (nSPS) is 16.3. The maximum Gasteiger partial charge on any atom is 0.206 e. The summed E-state index contributed by atoms with van der Waals surface area (Å²) in [4.78, 5) is 21.9. The molecule has 0 N–H and O–H groups in total. The molecule has 0 amide bonds. The van der Waals surface area contributed by atoms with Crippen molar-refractivity contribution in [3.05, 3.63) is 59.7 Å². The molecule has 122 valence electrons. The van der Waals surface area contributed by atoms with E-state index in [0.29, 0.717) is 6.54 Å². The summed E-state index contributed by atoms with van der Waals surface area (Å²) >= 11 is 0. The van der Waals surface area contributed by atoms with Crippen LogP contribution in [0.4, 0.5) is 11.4 Å². The number of hydrogen-bond donors (Lipinski definition) is 0. The van der Waals surface area contributed by atoms with Crippen molar-refractivity contribution in [3.8, 4) is 0 Å². The molecule has 24 heavy (non-hydrogen) atoms. The van der Waals surface area contributed by atoms with Gasteiger partial charge < -0.3 is 9.80 Å². The first-order valence-corrected chi connectivity index (χ1v) is 8.52. The fourth-order valence-corrected chi connectivity index (χ4v) is 3.36.